The molecule has 0 unspecified atom stereocenters. The second-order valence-electron chi connectivity index (χ2n) is 0.597. The van der Waals surface area contributed by atoms with Crippen LogP contribution in [-0.4, -0.2) is 17.2 Å². The molecule has 0 spiro atoms. The van der Waals surface area contributed by atoms with Crippen molar-refractivity contribution in [3.63, 3.8) is 0 Å². The van der Waals surface area contributed by atoms with Gasteiger partial charge in [-0.05, 0) is 3.77 Å². The van der Waals surface area contributed by atoms with Crippen LogP contribution in [0.1, 0.15) is 0 Å². The zero-order valence-electron chi connectivity index (χ0n) is 2.94. The van der Waals surface area contributed by atoms with Crippen LogP contribution in [0.5, 0.6) is 0 Å². The first kappa shape index (κ1) is 6.73. The summed E-state index contributed by atoms with van der Waals surface area (Å²) in [5.74, 6) is 0. The average molecular weight is 143 g/mol. The smallest absolute Gasteiger partial charge is 0.267 e. The zero-order valence-corrected chi connectivity index (χ0v) is 4.57. The van der Waals surface area contributed by atoms with Crippen molar-refractivity contribution in [3.05, 3.63) is 0 Å². The van der Waals surface area contributed by atoms with Gasteiger partial charge in [-0.15, -0.1) is 0 Å². The molecule has 5 nitrogen and oxygen atoms in total. The van der Waals surface area contributed by atoms with E-state index in [1.54, 1.807) is 0 Å². The van der Waals surface area contributed by atoms with Crippen molar-refractivity contribution in [2.24, 2.45) is 3.77 Å². The number of hydrogen-bond acceptors (Lipinski definition) is 3. The Balaban J connectivity index is 4.44. The minimum Gasteiger partial charge on any atom is -0.267 e. The van der Waals surface area contributed by atoms with E-state index in [-0.39, 0.29) is 0 Å². The molecule has 0 radical (unpaired) electrons. The molecule has 42 valence electrons. The fraction of sp³-hybridized carbons (Fsp3) is 0. The number of rotatable bonds is 1. The van der Waals surface area contributed by atoms with Gasteiger partial charge in [-0.3, -0.25) is 4.55 Å². The summed E-state index contributed by atoms with van der Waals surface area (Å²) in [6.45, 7) is 0. The molecule has 0 amide bonds. The Kier molecular flexibility index (Phi) is 2.06. The van der Waals surface area contributed by atoms with E-state index in [2.05, 4.69) is 3.77 Å². The molecule has 0 atom stereocenters. The standard InChI is InChI=1S/HNO4S2/c2-6-1-7(3,4)5/h(H,3,4,5). The van der Waals surface area contributed by atoms with E-state index in [4.69, 9.17) is 8.76 Å². The molecule has 0 bridgehead atoms. The van der Waals surface area contributed by atoms with Crippen LogP contribution in [0, 0.1) is 0 Å². The van der Waals surface area contributed by atoms with E-state index in [1.807, 2.05) is 0 Å². The predicted octanol–water partition coefficient (Wildman–Crippen LogP) is -0.814. The fourth-order valence-corrected chi connectivity index (χ4v) is 0.346. The lowest BCUT2D eigenvalue weighted by Crippen LogP contribution is -1.87. The second kappa shape index (κ2) is 2.15. The SMILES string of the molecule is O=S=NS(=O)(=O)O. The van der Waals surface area contributed by atoms with Crippen molar-refractivity contribution in [1.82, 2.24) is 0 Å². The summed E-state index contributed by atoms with van der Waals surface area (Å²) in [5.41, 5.74) is 0. The summed E-state index contributed by atoms with van der Waals surface area (Å²) >= 11 is -0.554. The maximum atomic E-state index is 9.40. The highest BCUT2D eigenvalue weighted by molar-refractivity contribution is 7.88. The molecule has 7 heavy (non-hydrogen) atoms. The van der Waals surface area contributed by atoms with Gasteiger partial charge in [0, 0.05) is 0 Å². The summed E-state index contributed by atoms with van der Waals surface area (Å²) in [6.07, 6.45) is 0. The van der Waals surface area contributed by atoms with Gasteiger partial charge >= 0.3 is 10.3 Å². The van der Waals surface area contributed by atoms with E-state index in [1.165, 1.54) is 0 Å². The Labute approximate surface area is 43.5 Å². The average Bonchev–Trinajstić information content (AvgIpc) is 1.30. The minimum absolute atomic E-state index is 0.554. The normalized spacial score (nSPS) is 10.4. The Morgan fingerprint density at radius 1 is 1.57 bits per heavy atom. The topological polar surface area (TPSA) is 83.8 Å². The first-order valence-electron chi connectivity index (χ1n) is 1.05. The molecule has 0 aliphatic rings. The molecule has 0 aromatic carbocycles. The Morgan fingerprint density at radius 3 is 2.00 bits per heavy atom. The summed E-state index contributed by atoms with van der Waals surface area (Å²) < 4.78 is 37.7. The van der Waals surface area contributed by atoms with Crippen molar-refractivity contribution < 1.29 is 17.2 Å². The maximum absolute atomic E-state index is 9.40. The molecule has 0 aromatic rings. The van der Waals surface area contributed by atoms with Crippen LogP contribution in [0.2, 0.25) is 0 Å². The van der Waals surface area contributed by atoms with Crippen LogP contribution in [0.15, 0.2) is 3.77 Å². The quantitative estimate of drug-likeness (QED) is 0.486. The van der Waals surface area contributed by atoms with Crippen LogP contribution >= 0.6 is 0 Å². The van der Waals surface area contributed by atoms with Crippen LogP contribution < -0.4 is 0 Å². The summed E-state index contributed by atoms with van der Waals surface area (Å²) in [6, 6.07) is 0. The fourth-order valence-electron chi connectivity index (χ4n) is 0.0385. The molecular weight excluding hydrogens is 142 g/mol. The van der Waals surface area contributed by atoms with E-state index >= 15 is 0 Å². The summed E-state index contributed by atoms with van der Waals surface area (Å²) in [5, 5.41) is 0. The third-order valence-electron chi connectivity index (χ3n) is 0.125. The Morgan fingerprint density at radius 2 is 2.00 bits per heavy atom. The van der Waals surface area contributed by atoms with Crippen LogP contribution in [-0.2, 0) is 21.8 Å². The van der Waals surface area contributed by atoms with Gasteiger partial charge in [-0.2, -0.15) is 12.6 Å². The molecule has 0 aromatic heterocycles. The van der Waals surface area contributed by atoms with E-state index < -0.39 is 21.8 Å². The van der Waals surface area contributed by atoms with Gasteiger partial charge in [-0.25, -0.2) is 0 Å². The molecule has 0 heterocycles. The van der Waals surface area contributed by atoms with E-state index in [0.29, 0.717) is 0 Å². The molecule has 0 fully saturated rings. The highest BCUT2D eigenvalue weighted by Gasteiger charge is 1.93. The van der Waals surface area contributed by atoms with Gasteiger partial charge in [0.2, 0.25) is 11.5 Å². The van der Waals surface area contributed by atoms with Gasteiger partial charge in [0.1, 0.15) is 0 Å². The third kappa shape index (κ3) is 5.73. The zero-order chi connectivity index (χ0) is 5.91. The molecule has 0 saturated carbocycles. The monoisotopic (exact) mass is 143 g/mol. The Bertz CT molecular complexity index is 182. The molecular formula is HNO4S2. The largest absolute Gasteiger partial charge is 0.391 e. The highest BCUT2D eigenvalue weighted by atomic mass is 32.3. The van der Waals surface area contributed by atoms with Crippen LogP contribution in [0.4, 0.5) is 0 Å². The molecule has 0 saturated heterocycles. The van der Waals surface area contributed by atoms with Crippen molar-refractivity contribution in [2.45, 2.75) is 0 Å². The van der Waals surface area contributed by atoms with Gasteiger partial charge in [0.15, 0.2) is 0 Å². The molecule has 0 rings (SSSR count). The van der Waals surface area contributed by atoms with Crippen LogP contribution in [0.25, 0.3) is 0 Å². The van der Waals surface area contributed by atoms with Crippen molar-refractivity contribution in [2.75, 3.05) is 0 Å². The second-order valence-corrected chi connectivity index (χ2v) is 2.24. The maximum Gasteiger partial charge on any atom is 0.391 e. The molecule has 0 aliphatic carbocycles. The van der Waals surface area contributed by atoms with Crippen molar-refractivity contribution >= 4 is 21.8 Å². The molecule has 1 N–H and O–H groups in total. The first-order valence-corrected chi connectivity index (χ1v) is 3.14. The van der Waals surface area contributed by atoms with Gasteiger partial charge in [0.05, 0.1) is 0 Å². The summed E-state index contributed by atoms with van der Waals surface area (Å²) in [7, 11) is -4.40. The third-order valence-corrected chi connectivity index (χ3v) is 1.12. The number of nitrogens with zero attached hydrogens (tertiary/aromatic N) is 1. The van der Waals surface area contributed by atoms with E-state index in [9.17, 15) is 8.42 Å². The Hall–Kier alpha value is -0.270. The summed E-state index contributed by atoms with van der Waals surface area (Å²) in [4.78, 5) is 0. The van der Waals surface area contributed by atoms with E-state index in [0.717, 1.165) is 0 Å². The van der Waals surface area contributed by atoms with Crippen LogP contribution in [0.3, 0.4) is 0 Å². The van der Waals surface area contributed by atoms with Gasteiger partial charge in [0.25, 0.3) is 0 Å². The first-order chi connectivity index (χ1) is 3.06. The molecule has 7 heteroatoms. The lowest BCUT2D eigenvalue weighted by atomic mass is 13.9. The molecule has 0 aliphatic heterocycles. The minimum atomic E-state index is -4.40. The lowest BCUT2D eigenvalue weighted by molar-refractivity contribution is 0.486. The van der Waals surface area contributed by atoms with Gasteiger partial charge < -0.3 is 0 Å². The van der Waals surface area contributed by atoms with Crippen molar-refractivity contribution in [1.29, 1.82) is 0 Å². The van der Waals surface area contributed by atoms with Crippen molar-refractivity contribution in [3.8, 4) is 0 Å². The lowest BCUT2D eigenvalue weighted by Gasteiger charge is -1.70. The van der Waals surface area contributed by atoms with Gasteiger partial charge in [-0.1, -0.05) is 0 Å². The predicted molar refractivity (Wildman–Crippen MR) is 22.1 cm³/mol. The number of hydrogen-bond donors (Lipinski definition) is 1. The highest BCUT2D eigenvalue weighted by Crippen LogP contribution is 1.76.